The average molecular weight is 208 g/mol. The van der Waals surface area contributed by atoms with Crippen LogP contribution in [0, 0.1) is 0 Å². The minimum absolute atomic E-state index is 0.579. The highest BCUT2D eigenvalue weighted by Crippen LogP contribution is 2.30. The molecule has 2 saturated heterocycles. The quantitative estimate of drug-likeness (QED) is 0.688. The molecule has 2 nitrogen and oxygen atoms in total. The molecule has 0 amide bonds. The summed E-state index contributed by atoms with van der Waals surface area (Å²) in [5, 5.41) is 5.34. The summed E-state index contributed by atoms with van der Waals surface area (Å²) in [5.41, 5.74) is 1.29. The topological polar surface area (TPSA) is 17.3 Å². The smallest absolute Gasteiger partial charge is 0.0448 e. The standard InChI is InChI=1S/C11H12ClN2/c12-8-1-3-10(4-2-8)14-7-9-5-11(14)6-13-9/h1-4,9,11H,5-7H2/t9-,11-/m0/s1. The number of rotatable bonds is 1. The highest BCUT2D eigenvalue weighted by atomic mass is 35.5. The van der Waals surface area contributed by atoms with Crippen LogP contribution in [-0.4, -0.2) is 25.2 Å². The SMILES string of the molecule is Clc1ccc(N2C[C@@H]3C[C@H]2C[N]3)cc1. The summed E-state index contributed by atoms with van der Waals surface area (Å²) in [7, 11) is 0. The van der Waals surface area contributed by atoms with Crippen LogP contribution in [0.5, 0.6) is 0 Å². The number of halogens is 1. The van der Waals surface area contributed by atoms with Crippen molar-refractivity contribution in [2.45, 2.75) is 18.5 Å². The lowest BCUT2D eigenvalue weighted by Crippen LogP contribution is -2.40. The monoisotopic (exact) mass is 207 g/mol. The molecular formula is C11H12ClN2. The van der Waals surface area contributed by atoms with E-state index >= 15 is 0 Å². The summed E-state index contributed by atoms with van der Waals surface area (Å²) in [4.78, 5) is 2.45. The van der Waals surface area contributed by atoms with Gasteiger partial charge in [0.1, 0.15) is 0 Å². The van der Waals surface area contributed by atoms with Gasteiger partial charge >= 0.3 is 0 Å². The van der Waals surface area contributed by atoms with E-state index in [0.717, 1.165) is 18.1 Å². The largest absolute Gasteiger partial charge is 0.366 e. The summed E-state index contributed by atoms with van der Waals surface area (Å²) in [5.74, 6) is 0. The Morgan fingerprint density at radius 3 is 2.64 bits per heavy atom. The minimum Gasteiger partial charge on any atom is -0.366 e. The molecule has 2 aliphatic heterocycles. The van der Waals surface area contributed by atoms with E-state index in [9.17, 15) is 0 Å². The van der Waals surface area contributed by atoms with Crippen LogP contribution in [0.3, 0.4) is 0 Å². The molecule has 3 heteroatoms. The van der Waals surface area contributed by atoms with E-state index in [1.54, 1.807) is 0 Å². The molecule has 1 aromatic rings. The van der Waals surface area contributed by atoms with E-state index in [-0.39, 0.29) is 0 Å². The van der Waals surface area contributed by atoms with Gasteiger partial charge in [0.2, 0.25) is 0 Å². The molecule has 3 rings (SSSR count). The Bertz CT molecular complexity index is 336. The Morgan fingerprint density at radius 2 is 2.07 bits per heavy atom. The van der Waals surface area contributed by atoms with Crippen LogP contribution in [0.25, 0.3) is 0 Å². The Morgan fingerprint density at radius 1 is 1.29 bits per heavy atom. The van der Waals surface area contributed by atoms with E-state index in [1.165, 1.54) is 12.1 Å². The summed E-state index contributed by atoms with van der Waals surface area (Å²) >= 11 is 5.86. The maximum absolute atomic E-state index is 5.86. The molecule has 0 saturated carbocycles. The Balaban J connectivity index is 1.86. The van der Waals surface area contributed by atoms with Crippen molar-refractivity contribution < 1.29 is 0 Å². The zero-order valence-electron chi connectivity index (χ0n) is 7.86. The van der Waals surface area contributed by atoms with Gasteiger partial charge < -0.3 is 4.90 Å². The first-order valence-corrected chi connectivity index (χ1v) is 5.39. The van der Waals surface area contributed by atoms with Crippen LogP contribution < -0.4 is 10.2 Å². The van der Waals surface area contributed by atoms with E-state index in [4.69, 9.17) is 11.6 Å². The van der Waals surface area contributed by atoms with Gasteiger partial charge in [-0.1, -0.05) is 11.6 Å². The molecule has 2 aliphatic rings. The molecule has 2 fully saturated rings. The number of hydrogen-bond donors (Lipinski definition) is 0. The van der Waals surface area contributed by atoms with Crippen molar-refractivity contribution in [1.29, 1.82) is 0 Å². The fourth-order valence-corrected chi connectivity index (χ4v) is 2.54. The average Bonchev–Trinajstić information content (AvgIpc) is 2.80. The molecule has 2 heterocycles. The molecule has 0 N–H and O–H groups in total. The van der Waals surface area contributed by atoms with Crippen LogP contribution in [0.4, 0.5) is 5.69 Å². The van der Waals surface area contributed by atoms with Gasteiger partial charge in [0.25, 0.3) is 0 Å². The zero-order chi connectivity index (χ0) is 9.54. The Hall–Kier alpha value is -0.730. The predicted octanol–water partition coefficient (Wildman–Crippen LogP) is 1.91. The van der Waals surface area contributed by atoms with E-state index in [1.807, 2.05) is 12.1 Å². The number of fused-ring (bicyclic) bond motifs is 2. The maximum Gasteiger partial charge on any atom is 0.0448 e. The van der Waals surface area contributed by atoms with Gasteiger partial charge in [-0.05, 0) is 30.7 Å². The minimum atomic E-state index is 0.579. The van der Waals surface area contributed by atoms with E-state index < -0.39 is 0 Å². The van der Waals surface area contributed by atoms with Gasteiger partial charge in [0, 0.05) is 35.9 Å². The third kappa shape index (κ3) is 1.30. The lowest BCUT2D eigenvalue weighted by molar-refractivity contribution is 0.569. The maximum atomic E-state index is 5.86. The molecule has 0 aromatic heterocycles. The normalized spacial score (nSPS) is 29.9. The molecule has 73 valence electrons. The summed E-state index contributed by atoms with van der Waals surface area (Å²) in [6.07, 6.45) is 1.24. The van der Waals surface area contributed by atoms with Crippen LogP contribution in [0.2, 0.25) is 5.02 Å². The molecule has 2 atom stereocenters. The number of benzene rings is 1. The lowest BCUT2D eigenvalue weighted by Gasteiger charge is -2.28. The molecule has 1 radical (unpaired) electrons. The first-order chi connectivity index (χ1) is 6.83. The fraction of sp³-hybridized carbons (Fsp3) is 0.455. The van der Waals surface area contributed by atoms with Gasteiger partial charge in [-0.3, -0.25) is 0 Å². The zero-order valence-corrected chi connectivity index (χ0v) is 8.61. The fourth-order valence-electron chi connectivity index (χ4n) is 2.42. The van der Waals surface area contributed by atoms with Crippen molar-refractivity contribution in [3.63, 3.8) is 0 Å². The van der Waals surface area contributed by atoms with Crippen LogP contribution in [0.1, 0.15) is 6.42 Å². The van der Waals surface area contributed by atoms with Crippen molar-refractivity contribution in [1.82, 2.24) is 5.32 Å². The molecule has 0 spiro atoms. The van der Waals surface area contributed by atoms with Crippen molar-refractivity contribution in [3.8, 4) is 0 Å². The van der Waals surface area contributed by atoms with Gasteiger partial charge in [-0.2, -0.15) is 0 Å². The van der Waals surface area contributed by atoms with Crippen molar-refractivity contribution in [2.75, 3.05) is 18.0 Å². The first kappa shape index (κ1) is 8.57. The highest BCUT2D eigenvalue weighted by Gasteiger charge is 2.38. The predicted molar refractivity (Wildman–Crippen MR) is 58.0 cm³/mol. The highest BCUT2D eigenvalue weighted by molar-refractivity contribution is 6.30. The molecule has 0 aliphatic carbocycles. The Kier molecular flexibility index (Phi) is 1.92. The number of nitrogens with zero attached hydrogens (tertiary/aromatic N) is 2. The summed E-state index contributed by atoms with van der Waals surface area (Å²) in [6.45, 7) is 2.10. The first-order valence-electron chi connectivity index (χ1n) is 5.02. The van der Waals surface area contributed by atoms with Gasteiger partial charge in [0.15, 0.2) is 0 Å². The molecule has 14 heavy (non-hydrogen) atoms. The summed E-state index contributed by atoms with van der Waals surface area (Å²) < 4.78 is 0. The van der Waals surface area contributed by atoms with Crippen molar-refractivity contribution >= 4 is 17.3 Å². The van der Waals surface area contributed by atoms with Gasteiger partial charge in [0.05, 0.1) is 0 Å². The second-order valence-corrected chi connectivity index (χ2v) is 4.47. The number of piperazine rings is 1. The third-order valence-electron chi connectivity index (χ3n) is 3.12. The molecule has 2 bridgehead atoms. The van der Waals surface area contributed by atoms with Gasteiger partial charge in [-0.25, -0.2) is 5.32 Å². The van der Waals surface area contributed by atoms with Gasteiger partial charge in [-0.15, -0.1) is 0 Å². The number of anilines is 1. The van der Waals surface area contributed by atoms with Crippen LogP contribution >= 0.6 is 11.6 Å². The second-order valence-electron chi connectivity index (χ2n) is 4.04. The second kappa shape index (κ2) is 3.14. The van der Waals surface area contributed by atoms with Crippen LogP contribution in [-0.2, 0) is 0 Å². The molecular weight excluding hydrogens is 196 g/mol. The number of hydrogen-bond acceptors (Lipinski definition) is 1. The lowest BCUT2D eigenvalue weighted by atomic mass is 10.2. The van der Waals surface area contributed by atoms with Crippen LogP contribution in [0.15, 0.2) is 24.3 Å². The molecule has 1 aromatic carbocycles. The Labute approximate surface area is 88.9 Å². The van der Waals surface area contributed by atoms with Crippen molar-refractivity contribution in [2.24, 2.45) is 0 Å². The van der Waals surface area contributed by atoms with Crippen molar-refractivity contribution in [3.05, 3.63) is 29.3 Å². The molecule has 0 unspecified atom stereocenters. The van der Waals surface area contributed by atoms with E-state index in [2.05, 4.69) is 22.3 Å². The van der Waals surface area contributed by atoms with E-state index in [0.29, 0.717) is 12.1 Å². The third-order valence-corrected chi connectivity index (χ3v) is 3.38. The summed E-state index contributed by atoms with van der Waals surface area (Å²) in [6, 6.07) is 9.34.